The highest BCUT2D eigenvalue weighted by Crippen LogP contribution is 2.59. The molecule has 178 valence electrons. The predicted molar refractivity (Wildman–Crippen MR) is 126 cm³/mol. The highest BCUT2D eigenvalue weighted by Gasteiger charge is 2.59. The van der Waals surface area contributed by atoms with Gasteiger partial charge in [-0.15, -0.1) is 0 Å². The van der Waals surface area contributed by atoms with Crippen LogP contribution in [0.4, 0.5) is 4.79 Å². The Morgan fingerprint density at radius 1 is 1.06 bits per heavy atom. The van der Waals surface area contributed by atoms with Gasteiger partial charge in [0.25, 0.3) is 0 Å². The molecule has 7 heteroatoms. The molecule has 7 nitrogen and oxygen atoms in total. The lowest BCUT2D eigenvalue weighted by Gasteiger charge is -2.34. The summed E-state index contributed by atoms with van der Waals surface area (Å²) in [7, 11) is 0. The number of carboxylic acids is 1. The van der Waals surface area contributed by atoms with Crippen molar-refractivity contribution in [3.05, 3.63) is 59.7 Å². The minimum Gasteiger partial charge on any atom is -0.481 e. The van der Waals surface area contributed by atoms with Crippen LogP contribution in [0.3, 0.4) is 0 Å². The number of hydrogen-bond acceptors (Lipinski definition) is 4. The summed E-state index contributed by atoms with van der Waals surface area (Å²) in [4.78, 5) is 38.7. The van der Waals surface area contributed by atoms with Crippen LogP contribution in [0.2, 0.25) is 0 Å². The van der Waals surface area contributed by atoms with Gasteiger partial charge in [0.15, 0.2) is 0 Å². The topological polar surface area (TPSA) is 95.9 Å². The van der Waals surface area contributed by atoms with Gasteiger partial charge in [-0.25, -0.2) is 4.79 Å². The van der Waals surface area contributed by atoms with Gasteiger partial charge >= 0.3 is 12.1 Å². The summed E-state index contributed by atoms with van der Waals surface area (Å²) >= 11 is 0. The number of ether oxygens (including phenoxy) is 1. The number of likely N-dealkylation sites (tertiary alicyclic amines) is 1. The fraction of sp³-hybridized carbons (Fsp3) is 0.444. The molecule has 1 heterocycles. The number of fused-ring (bicyclic) bond motifs is 3. The first-order valence-electron chi connectivity index (χ1n) is 12.1. The first-order chi connectivity index (χ1) is 16.4. The molecule has 0 radical (unpaired) electrons. The summed E-state index contributed by atoms with van der Waals surface area (Å²) in [6, 6.07) is 15.7. The van der Waals surface area contributed by atoms with Gasteiger partial charge < -0.3 is 20.1 Å². The number of benzene rings is 2. The Bertz CT molecular complexity index is 1080. The second-order valence-corrected chi connectivity index (χ2v) is 9.71. The van der Waals surface area contributed by atoms with Gasteiger partial charge in [-0.05, 0) is 53.4 Å². The summed E-state index contributed by atoms with van der Waals surface area (Å²) in [5.41, 5.74) is 4.47. The Morgan fingerprint density at radius 2 is 1.65 bits per heavy atom. The zero-order valence-electron chi connectivity index (χ0n) is 19.3. The lowest BCUT2D eigenvalue weighted by atomic mass is 9.90. The summed E-state index contributed by atoms with van der Waals surface area (Å²) in [5.74, 6) is -1.17. The number of rotatable bonds is 6. The number of nitrogens with zero attached hydrogens (tertiary/aromatic N) is 1. The largest absolute Gasteiger partial charge is 0.481 e. The minimum absolute atomic E-state index is 0.0343. The van der Waals surface area contributed by atoms with Gasteiger partial charge in [0.2, 0.25) is 5.91 Å². The van der Waals surface area contributed by atoms with Crippen molar-refractivity contribution in [2.45, 2.75) is 44.6 Å². The van der Waals surface area contributed by atoms with Crippen molar-refractivity contribution < 1.29 is 24.2 Å². The van der Waals surface area contributed by atoms with E-state index in [2.05, 4.69) is 29.6 Å². The highest BCUT2D eigenvalue weighted by atomic mass is 16.5. The molecule has 2 fully saturated rings. The summed E-state index contributed by atoms with van der Waals surface area (Å²) in [6.45, 7) is 3.13. The third kappa shape index (κ3) is 3.93. The van der Waals surface area contributed by atoms with E-state index < -0.39 is 18.1 Å². The molecule has 0 bridgehead atoms. The van der Waals surface area contributed by atoms with Crippen LogP contribution in [0.25, 0.3) is 11.1 Å². The molecule has 2 amide bonds. The normalized spacial score (nSPS) is 20.9. The van der Waals surface area contributed by atoms with Crippen LogP contribution in [0.5, 0.6) is 0 Å². The Balaban J connectivity index is 1.17. The smallest absolute Gasteiger partial charge is 0.407 e. The number of nitrogens with one attached hydrogen (secondary N) is 1. The molecule has 0 aromatic heterocycles. The molecule has 2 aromatic carbocycles. The van der Waals surface area contributed by atoms with Crippen molar-refractivity contribution in [1.29, 1.82) is 0 Å². The molecule has 2 aromatic rings. The first kappa shape index (κ1) is 22.4. The zero-order chi connectivity index (χ0) is 23.9. The predicted octanol–water partition coefficient (Wildman–Crippen LogP) is 4.02. The van der Waals surface area contributed by atoms with Gasteiger partial charge in [-0.1, -0.05) is 55.5 Å². The van der Waals surface area contributed by atoms with Gasteiger partial charge in [-0.2, -0.15) is 0 Å². The third-order valence-corrected chi connectivity index (χ3v) is 7.90. The van der Waals surface area contributed by atoms with E-state index in [1.165, 1.54) is 0 Å². The summed E-state index contributed by atoms with van der Waals surface area (Å²) in [5, 5.41) is 12.0. The molecule has 2 atom stereocenters. The molecule has 1 aliphatic heterocycles. The van der Waals surface area contributed by atoms with Crippen LogP contribution in [-0.4, -0.2) is 53.7 Å². The number of piperidine rings is 1. The number of amides is 2. The van der Waals surface area contributed by atoms with E-state index in [-0.39, 0.29) is 29.8 Å². The minimum atomic E-state index is -0.733. The monoisotopic (exact) mass is 462 g/mol. The average Bonchev–Trinajstić information content (AvgIpc) is 3.47. The molecule has 5 rings (SSSR count). The van der Waals surface area contributed by atoms with Crippen molar-refractivity contribution >= 4 is 18.0 Å². The standard InChI is InChI=1S/C27H30N2O5/c1-2-23(24(30)29-13-11-27(12-14-29)15-22(27)25(31)32)28-26(33)34-16-21-19-9-5-3-7-17(19)18-8-4-6-10-20(18)21/h3-10,21-23H,2,11-16H2,1H3,(H,28,33)(H,31,32)/t22?,23-/m0/s1. The molecular formula is C27H30N2O5. The molecule has 2 aliphatic carbocycles. The van der Waals surface area contributed by atoms with Gasteiger partial charge in [0.1, 0.15) is 12.6 Å². The Labute approximate surface area is 199 Å². The quantitative estimate of drug-likeness (QED) is 0.676. The molecule has 1 saturated carbocycles. The molecule has 1 saturated heterocycles. The number of hydrogen-bond donors (Lipinski definition) is 2. The van der Waals surface area contributed by atoms with E-state index in [0.29, 0.717) is 38.8 Å². The molecule has 1 unspecified atom stereocenters. The number of carboxylic acid groups (broad SMARTS) is 1. The van der Waals surface area contributed by atoms with E-state index in [1.807, 2.05) is 31.2 Å². The van der Waals surface area contributed by atoms with Crippen molar-refractivity contribution in [2.24, 2.45) is 11.3 Å². The molecular weight excluding hydrogens is 432 g/mol. The lowest BCUT2D eigenvalue weighted by molar-refractivity contribution is -0.140. The highest BCUT2D eigenvalue weighted by molar-refractivity contribution is 5.86. The summed E-state index contributed by atoms with van der Waals surface area (Å²) in [6.07, 6.45) is 1.99. The number of carbonyl (C=O) groups is 3. The molecule has 34 heavy (non-hydrogen) atoms. The Kier molecular flexibility index (Phi) is 5.80. The second-order valence-electron chi connectivity index (χ2n) is 9.71. The Morgan fingerprint density at radius 3 is 2.18 bits per heavy atom. The van der Waals surface area contributed by atoms with Crippen molar-refractivity contribution in [2.75, 3.05) is 19.7 Å². The average molecular weight is 463 g/mol. The van der Waals surface area contributed by atoms with Crippen LogP contribution in [0.1, 0.15) is 49.7 Å². The van der Waals surface area contributed by atoms with Crippen LogP contribution in [-0.2, 0) is 14.3 Å². The first-order valence-corrected chi connectivity index (χ1v) is 12.1. The SMILES string of the molecule is CC[C@H](NC(=O)OCC1c2ccccc2-c2ccccc21)C(=O)N1CCC2(CC1)CC2C(=O)O. The van der Waals surface area contributed by atoms with Crippen LogP contribution < -0.4 is 5.32 Å². The van der Waals surface area contributed by atoms with E-state index in [0.717, 1.165) is 22.3 Å². The van der Waals surface area contributed by atoms with E-state index in [9.17, 15) is 19.5 Å². The fourth-order valence-electron chi connectivity index (χ4n) is 5.76. The van der Waals surface area contributed by atoms with Crippen molar-refractivity contribution in [1.82, 2.24) is 10.2 Å². The molecule has 1 spiro atoms. The molecule has 3 aliphatic rings. The van der Waals surface area contributed by atoms with Crippen LogP contribution in [0.15, 0.2) is 48.5 Å². The fourth-order valence-corrected chi connectivity index (χ4v) is 5.76. The zero-order valence-corrected chi connectivity index (χ0v) is 19.3. The number of aliphatic carboxylic acids is 1. The van der Waals surface area contributed by atoms with Gasteiger partial charge in [0.05, 0.1) is 5.92 Å². The van der Waals surface area contributed by atoms with Crippen LogP contribution >= 0.6 is 0 Å². The third-order valence-electron chi connectivity index (χ3n) is 7.90. The Hall–Kier alpha value is -3.35. The van der Waals surface area contributed by atoms with E-state index in [4.69, 9.17) is 4.74 Å². The van der Waals surface area contributed by atoms with Crippen LogP contribution in [0, 0.1) is 11.3 Å². The van der Waals surface area contributed by atoms with Gasteiger partial charge in [0, 0.05) is 19.0 Å². The molecule has 2 N–H and O–H groups in total. The van der Waals surface area contributed by atoms with Gasteiger partial charge in [-0.3, -0.25) is 9.59 Å². The maximum absolute atomic E-state index is 13.0. The lowest BCUT2D eigenvalue weighted by Crippen LogP contribution is -2.51. The second kappa shape index (κ2) is 8.78. The van der Waals surface area contributed by atoms with E-state index in [1.54, 1.807) is 4.90 Å². The number of alkyl carbamates (subject to hydrolysis) is 1. The van der Waals surface area contributed by atoms with Crippen molar-refractivity contribution in [3.8, 4) is 11.1 Å². The van der Waals surface area contributed by atoms with Crippen molar-refractivity contribution in [3.63, 3.8) is 0 Å². The maximum atomic E-state index is 13.0. The maximum Gasteiger partial charge on any atom is 0.407 e. The number of carbonyl (C=O) groups excluding carboxylic acids is 2. The summed E-state index contributed by atoms with van der Waals surface area (Å²) < 4.78 is 5.61. The van der Waals surface area contributed by atoms with E-state index >= 15 is 0 Å².